The summed E-state index contributed by atoms with van der Waals surface area (Å²) in [4.78, 5) is 28.7. The molecule has 1 amide bonds. The number of aromatic nitrogens is 1. The average molecular weight is 346 g/mol. The number of carboxylic acid groups (broad SMARTS) is 1. The minimum absolute atomic E-state index is 0.142. The highest BCUT2D eigenvalue weighted by atomic mass is 32.1. The van der Waals surface area contributed by atoms with E-state index in [2.05, 4.69) is 10.3 Å². The van der Waals surface area contributed by atoms with Gasteiger partial charge in [-0.25, -0.2) is 4.98 Å². The lowest BCUT2D eigenvalue weighted by molar-refractivity contribution is -0.148. The first-order valence-corrected chi connectivity index (χ1v) is 8.86. The molecule has 0 saturated heterocycles. The van der Waals surface area contributed by atoms with Gasteiger partial charge in [-0.2, -0.15) is 0 Å². The Morgan fingerprint density at radius 3 is 2.75 bits per heavy atom. The van der Waals surface area contributed by atoms with Crippen LogP contribution in [0.3, 0.4) is 0 Å². The molecule has 0 aliphatic heterocycles. The van der Waals surface area contributed by atoms with Gasteiger partial charge in [-0.05, 0) is 49.3 Å². The van der Waals surface area contributed by atoms with Crippen LogP contribution in [0.1, 0.15) is 19.3 Å². The van der Waals surface area contributed by atoms with Crippen molar-refractivity contribution < 1.29 is 19.4 Å². The Bertz CT molecular complexity index is 818. The van der Waals surface area contributed by atoms with E-state index in [4.69, 9.17) is 4.74 Å². The molecule has 0 spiro atoms. The third kappa shape index (κ3) is 2.43. The number of methoxy groups -OCH3 is 1. The highest BCUT2D eigenvalue weighted by Gasteiger charge is 2.54. The number of carboxylic acids is 1. The summed E-state index contributed by atoms with van der Waals surface area (Å²) in [6.45, 7) is 0. The molecule has 2 bridgehead atoms. The molecule has 2 aromatic rings. The van der Waals surface area contributed by atoms with Gasteiger partial charge in [-0.1, -0.05) is 11.3 Å². The number of hydrogen-bond donors (Lipinski definition) is 2. The quantitative estimate of drug-likeness (QED) is 0.888. The van der Waals surface area contributed by atoms with Crippen LogP contribution in [0.4, 0.5) is 5.13 Å². The van der Waals surface area contributed by atoms with Crippen molar-refractivity contribution in [2.75, 3.05) is 12.4 Å². The predicted octanol–water partition coefficient (Wildman–Crippen LogP) is 2.99. The van der Waals surface area contributed by atoms with E-state index in [0.29, 0.717) is 5.13 Å². The molecule has 1 aromatic carbocycles. The van der Waals surface area contributed by atoms with E-state index in [1.165, 1.54) is 11.3 Å². The molecule has 1 heterocycles. The normalized spacial score (nSPS) is 28.2. The fourth-order valence-corrected chi connectivity index (χ4v) is 5.20. The van der Waals surface area contributed by atoms with Crippen LogP contribution in [-0.2, 0) is 9.59 Å². The summed E-state index contributed by atoms with van der Waals surface area (Å²) < 4.78 is 6.12. The Morgan fingerprint density at radius 2 is 2.04 bits per heavy atom. The lowest BCUT2D eigenvalue weighted by Gasteiger charge is -2.26. The van der Waals surface area contributed by atoms with Crippen LogP contribution in [0.25, 0.3) is 10.2 Å². The van der Waals surface area contributed by atoms with Crippen molar-refractivity contribution >= 4 is 38.6 Å². The number of nitrogens with one attached hydrogen (secondary N) is 1. The van der Waals surface area contributed by atoms with Crippen molar-refractivity contribution in [3.63, 3.8) is 0 Å². The number of rotatable bonds is 4. The number of fused-ring (bicyclic) bond motifs is 3. The number of anilines is 1. The van der Waals surface area contributed by atoms with E-state index in [1.54, 1.807) is 7.11 Å². The van der Waals surface area contributed by atoms with E-state index in [1.807, 2.05) is 18.2 Å². The van der Waals surface area contributed by atoms with E-state index >= 15 is 0 Å². The maximum atomic E-state index is 12.7. The molecule has 2 aliphatic rings. The molecule has 24 heavy (non-hydrogen) atoms. The van der Waals surface area contributed by atoms with Crippen molar-refractivity contribution in [1.29, 1.82) is 0 Å². The molecule has 1 aromatic heterocycles. The van der Waals surface area contributed by atoms with Crippen LogP contribution in [0, 0.1) is 23.7 Å². The molecule has 126 valence electrons. The molecule has 2 saturated carbocycles. The van der Waals surface area contributed by atoms with Gasteiger partial charge in [0.1, 0.15) is 5.75 Å². The molecular formula is C17H18N2O4S. The molecule has 2 aliphatic carbocycles. The van der Waals surface area contributed by atoms with Gasteiger partial charge in [0.25, 0.3) is 0 Å². The second-order valence-electron chi connectivity index (χ2n) is 6.56. The number of ether oxygens (including phenoxy) is 1. The Hall–Kier alpha value is -2.15. The lowest BCUT2D eigenvalue weighted by atomic mass is 9.79. The number of amides is 1. The van der Waals surface area contributed by atoms with Crippen LogP contribution in [0.15, 0.2) is 18.2 Å². The average Bonchev–Trinajstić information content (AvgIpc) is 3.26. The number of aliphatic carboxylic acids is 1. The van der Waals surface area contributed by atoms with Crippen LogP contribution >= 0.6 is 11.3 Å². The van der Waals surface area contributed by atoms with Crippen molar-refractivity contribution in [3.8, 4) is 5.75 Å². The third-order valence-corrected chi connectivity index (χ3v) is 6.26. The van der Waals surface area contributed by atoms with Crippen molar-refractivity contribution in [2.45, 2.75) is 19.3 Å². The molecule has 2 fully saturated rings. The van der Waals surface area contributed by atoms with Crippen molar-refractivity contribution in [2.24, 2.45) is 23.7 Å². The summed E-state index contributed by atoms with van der Waals surface area (Å²) in [5.41, 5.74) is 0.791. The van der Waals surface area contributed by atoms with Crippen LogP contribution in [0.2, 0.25) is 0 Å². The van der Waals surface area contributed by atoms with Gasteiger partial charge in [0.15, 0.2) is 5.13 Å². The number of benzene rings is 1. The standard InChI is InChI=1S/C17H18N2O4S/c1-23-10-4-5-11-12(7-10)24-17(18-11)19-15(20)13-8-2-3-9(6-8)14(13)16(21)22/h4-5,7-9,13-14H,2-3,6H2,1H3,(H,21,22)(H,18,19,20)/t8-,9-,13-,14-/m0/s1. The van der Waals surface area contributed by atoms with Gasteiger partial charge in [0, 0.05) is 0 Å². The molecule has 7 heteroatoms. The molecule has 4 atom stereocenters. The van der Waals surface area contributed by atoms with Gasteiger partial charge in [-0.15, -0.1) is 0 Å². The molecular weight excluding hydrogens is 328 g/mol. The number of carbonyl (C=O) groups excluding carboxylic acids is 1. The highest BCUT2D eigenvalue weighted by molar-refractivity contribution is 7.22. The topological polar surface area (TPSA) is 88.5 Å². The maximum Gasteiger partial charge on any atom is 0.307 e. The second kappa shape index (κ2) is 5.73. The zero-order valence-corrected chi connectivity index (χ0v) is 14.0. The predicted molar refractivity (Wildman–Crippen MR) is 90.2 cm³/mol. The Labute approximate surface area is 142 Å². The molecule has 0 unspecified atom stereocenters. The van der Waals surface area contributed by atoms with E-state index in [0.717, 1.165) is 35.2 Å². The molecule has 2 N–H and O–H groups in total. The van der Waals surface area contributed by atoms with Gasteiger partial charge >= 0.3 is 5.97 Å². The van der Waals surface area contributed by atoms with Gasteiger partial charge in [0.05, 0.1) is 29.2 Å². The Morgan fingerprint density at radius 1 is 1.29 bits per heavy atom. The zero-order chi connectivity index (χ0) is 16.8. The minimum atomic E-state index is -0.851. The molecule has 0 radical (unpaired) electrons. The maximum absolute atomic E-state index is 12.7. The van der Waals surface area contributed by atoms with Crippen LogP contribution < -0.4 is 10.1 Å². The van der Waals surface area contributed by atoms with Crippen LogP contribution in [-0.4, -0.2) is 29.1 Å². The Kier molecular flexibility index (Phi) is 3.68. The van der Waals surface area contributed by atoms with Gasteiger partial charge < -0.3 is 15.2 Å². The summed E-state index contributed by atoms with van der Waals surface area (Å²) >= 11 is 1.37. The van der Waals surface area contributed by atoms with E-state index in [-0.39, 0.29) is 17.7 Å². The second-order valence-corrected chi connectivity index (χ2v) is 7.60. The number of hydrogen-bond acceptors (Lipinski definition) is 5. The SMILES string of the molecule is COc1ccc2nc(NC(=O)[C@H]3[C@H]4CC[C@@H](C4)[C@@H]3C(=O)O)sc2c1. The number of nitrogens with zero attached hydrogens (tertiary/aromatic N) is 1. The first-order chi connectivity index (χ1) is 11.6. The van der Waals surface area contributed by atoms with Crippen molar-refractivity contribution in [3.05, 3.63) is 18.2 Å². The highest BCUT2D eigenvalue weighted by Crippen LogP contribution is 2.52. The summed E-state index contributed by atoms with van der Waals surface area (Å²) in [5.74, 6) is -0.991. The first-order valence-electron chi connectivity index (χ1n) is 8.05. The van der Waals surface area contributed by atoms with Gasteiger partial charge in [0.2, 0.25) is 5.91 Å². The number of carbonyl (C=O) groups is 2. The monoisotopic (exact) mass is 346 g/mol. The smallest absolute Gasteiger partial charge is 0.307 e. The lowest BCUT2D eigenvalue weighted by Crippen LogP contribution is -2.37. The van der Waals surface area contributed by atoms with Crippen LogP contribution in [0.5, 0.6) is 5.75 Å². The minimum Gasteiger partial charge on any atom is -0.497 e. The van der Waals surface area contributed by atoms with Crippen molar-refractivity contribution in [1.82, 2.24) is 4.98 Å². The fourth-order valence-electron chi connectivity index (χ4n) is 4.30. The molecule has 6 nitrogen and oxygen atoms in total. The zero-order valence-electron chi connectivity index (χ0n) is 13.2. The summed E-state index contributed by atoms with van der Waals surface area (Å²) in [6.07, 6.45) is 2.72. The summed E-state index contributed by atoms with van der Waals surface area (Å²) in [5, 5.41) is 12.8. The first kappa shape index (κ1) is 15.4. The van der Waals surface area contributed by atoms with Gasteiger partial charge in [-0.3, -0.25) is 9.59 Å². The molecule has 4 rings (SSSR count). The largest absolute Gasteiger partial charge is 0.497 e. The Balaban J connectivity index is 1.56. The summed E-state index contributed by atoms with van der Waals surface area (Å²) in [6, 6.07) is 5.54. The number of thiazole rings is 1. The van der Waals surface area contributed by atoms with E-state index < -0.39 is 17.8 Å². The van der Waals surface area contributed by atoms with E-state index in [9.17, 15) is 14.7 Å². The third-order valence-electron chi connectivity index (χ3n) is 5.33. The summed E-state index contributed by atoms with van der Waals surface area (Å²) in [7, 11) is 1.60. The fraction of sp³-hybridized carbons (Fsp3) is 0.471.